The maximum Gasteiger partial charge on any atom is 0.410 e. The average molecular weight is 758 g/mol. The van der Waals surface area contributed by atoms with E-state index in [0.717, 1.165) is 5.69 Å². The highest BCUT2D eigenvalue weighted by Gasteiger charge is 2.30. The molecule has 55 heavy (non-hydrogen) atoms. The van der Waals surface area contributed by atoms with Crippen molar-refractivity contribution in [2.24, 2.45) is 11.8 Å². The molecule has 0 bridgehead atoms. The Balaban J connectivity index is 1.13. The summed E-state index contributed by atoms with van der Waals surface area (Å²) in [6, 6.07) is 10.5. The summed E-state index contributed by atoms with van der Waals surface area (Å²) < 4.78 is 28.8. The number of amides is 2. The number of ether oxygens (including phenoxy) is 2. The van der Waals surface area contributed by atoms with E-state index in [1.807, 2.05) is 57.2 Å². The highest BCUT2D eigenvalue weighted by Crippen LogP contribution is 2.28. The largest absolute Gasteiger partial charge is 0.457 e. The molecule has 0 spiro atoms. The molecule has 2 amide bonds. The highest BCUT2D eigenvalue weighted by atomic mass is 19.1. The molecule has 6 rings (SSSR count). The first kappa shape index (κ1) is 39.5. The molecule has 0 unspecified atom stereocenters. The third-order valence-corrected chi connectivity index (χ3v) is 10.7. The molecule has 3 aliphatic heterocycles. The van der Waals surface area contributed by atoms with Crippen molar-refractivity contribution < 1.29 is 33.4 Å². The van der Waals surface area contributed by atoms with Gasteiger partial charge < -0.3 is 34.2 Å². The molecule has 1 aromatic carbocycles. The predicted molar refractivity (Wildman–Crippen MR) is 207 cm³/mol. The molecule has 0 radical (unpaired) electrons. The van der Waals surface area contributed by atoms with Gasteiger partial charge in [-0.05, 0) is 79.3 Å². The minimum Gasteiger partial charge on any atom is -0.457 e. The quantitative estimate of drug-likeness (QED) is 0.265. The lowest BCUT2D eigenvalue weighted by atomic mass is 9.91. The topological polar surface area (TPSA) is 134 Å². The lowest BCUT2D eigenvalue weighted by Gasteiger charge is -2.36. The number of esters is 1. The van der Waals surface area contributed by atoms with Gasteiger partial charge in [-0.3, -0.25) is 19.3 Å². The second-order valence-electron chi connectivity index (χ2n) is 14.8. The second kappa shape index (κ2) is 18.4. The number of aliphatic hydroxyl groups excluding tert-OH is 1. The van der Waals surface area contributed by atoms with Crippen LogP contribution in [0.3, 0.4) is 0 Å². The first-order chi connectivity index (χ1) is 26.5. The van der Waals surface area contributed by atoms with E-state index >= 15 is 4.39 Å². The predicted octanol–water partition coefficient (Wildman–Crippen LogP) is 4.78. The molecule has 294 valence electrons. The number of nitrogens with zero attached hydrogens (tertiary/aromatic N) is 7. The monoisotopic (exact) mass is 757 g/mol. The van der Waals surface area contributed by atoms with Crippen molar-refractivity contribution >= 4 is 35.4 Å². The summed E-state index contributed by atoms with van der Waals surface area (Å²) in [6.45, 7) is 10.4. The van der Waals surface area contributed by atoms with E-state index in [4.69, 9.17) is 9.47 Å². The van der Waals surface area contributed by atoms with Gasteiger partial charge in [0.05, 0.1) is 12.5 Å². The van der Waals surface area contributed by atoms with E-state index in [2.05, 4.69) is 19.9 Å². The van der Waals surface area contributed by atoms with Crippen LogP contribution in [0.15, 0.2) is 78.9 Å². The van der Waals surface area contributed by atoms with E-state index in [-0.39, 0.29) is 36.8 Å². The number of piperazine rings is 2. The van der Waals surface area contributed by atoms with E-state index in [9.17, 15) is 19.5 Å². The van der Waals surface area contributed by atoms with Crippen LogP contribution in [0.25, 0.3) is 6.08 Å². The molecule has 5 atom stereocenters. The van der Waals surface area contributed by atoms with E-state index in [1.54, 1.807) is 45.3 Å². The van der Waals surface area contributed by atoms with E-state index in [0.29, 0.717) is 82.0 Å². The molecule has 2 fully saturated rings. The Morgan fingerprint density at radius 2 is 1.62 bits per heavy atom. The van der Waals surface area contributed by atoms with Gasteiger partial charge in [-0.25, -0.2) is 9.18 Å². The van der Waals surface area contributed by atoms with Gasteiger partial charge in [0.1, 0.15) is 24.6 Å². The molecule has 2 aromatic heterocycles. The number of halogens is 1. The summed E-state index contributed by atoms with van der Waals surface area (Å²) in [5, 5.41) is 14.9. The van der Waals surface area contributed by atoms with Gasteiger partial charge in [0.2, 0.25) is 5.91 Å². The average Bonchev–Trinajstić information content (AvgIpc) is 3.70. The normalized spacial score (nSPS) is 25.1. The lowest BCUT2D eigenvalue weighted by molar-refractivity contribution is -0.151. The zero-order chi connectivity index (χ0) is 38.9. The Morgan fingerprint density at radius 3 is 2.31 bits per heavy atom. The number of cyclic esters (lactones) is 1. The van der Waals surface area contributed by atoms with Crippen molar-refractivity contribution in [2.45, 2.75) is 64.9 Å². The fourth-order valence-electron chi connectivity index (χ4n) is 7.40. The van der Waals surface area contributed by atoms with Crippen LogP contribution in [0.2, 0.25) is 0 Å². The van der Waals surface area contributed by atoms with Gasteiger partial charge >= 0.3 is 12.1 Å². The van der Waals surface area contributed by atoms with E-state index in [1.165, 1.54) is 12.1 Å². The minimum absolute atomic E-state index is 0.0149. The summed E-state index contributed by atoms with van der Waals surface area (Å²) >= 11 is 0. The SMILES string of the molecule is C/C(=C\c1cc(F)cc(N2CCN(C(=O)Cn3cccn3)CC2)c1)[C@H]1OC(=O)C[C@H](O)CC[C@H](C)[C@H](OC(=O)N2CCN(c3ccncc3)CC2)/C=C/[C@@H]1C. The Morgan fingerprint density at radius 1 is 0.927 bits per heavy atom. The van der Waals surface area contributed by atoms with Crippen LogP contribution in [0, 0.1) is 17.7 Å². The fourth-order valence-corrected chi connectivity index (χ4v) is 7.40. The molecule has 13 nitrogen and oxygen atoms in total. The first-order valence-electron chi connectivity index (χ1n) is 19.2. The van der Waals surface area contributed by atoms with Gasteiger partial charge in [-0.1, -0.05) is 26.0 Å². The minimum atomic E-state index is -0.914. The van der Waals surface area contributed by atoms with Crippen LogP contribution in [-0.2, 0) is 25.6 Å². The first-order valence-corrected chi connectivity index (χ1v) is 19.2. The number of benzene rings is 1. The third kappa shape index (κ3) is 10.7. The summed E-state index contributed by atoms with van der Waals surface area (Å²) in [5.41, 5.74) is 3.06. The zero-order valence-corrected chi connectivity index (χ0v) is 31.9. The number of aliphatic hydroxyl groups is 1. The van der Waals surface area contributed by atoms with Crippen LogP contribution >= 0.6 is 0 Å². The van der Waals surface area contributed by atoms with Crippen molar-refractivity contribution in [3.8, 4) is 0 Å². The van der Waals surface area contributed by atoms with Crippen LogP contribution in [0.5, 0.6) is 0 Å². The molecule has 2 saturated heterocycles. The van der Waals surface area contributed by atoms with Crippen molar-refractivity contribution in [1.82, 2.24) is 24.6 Å². The lowest BCUT2D eigenvalue weighted by Crippen LogP contribution is -2.49. The van der Waals surface area contributed by atoms with Gasteiger partial charge in [0, 0.05) is 94.4 Å². The smallest absolute Gasteiger partial charge is 0.410 e. The van der Waals surface area contributed by atoms with Crippen LogP contribution in [-0.4, -0.2) is 118 Å². The number of carbonyl (C=O) groups excluding carboxylic acids is 3. The zero-order valence-electron chi connectivity index (χ0n) is 31.9. The summed E-state index contributed by atoms with van der Waals surface area (Å²) in [6.07, 6.45) is 10.6. The molecular weight excluding hydrogens is 705 g/mol. The Labute approximate surface area is 322 Å². The maximum absolute atomic E-state index is 15.1. The summed E-state index contributed by atoms with van der Waals surface area (Å²) in [5.74, 6) is -1.40. The molecule has 5 heterocycles. The van der Waals surface area contributed by atoms with Crippen LogP contribution < -0.4 is 9.80 Å². The van der Waals surface area contributed by atoms with Crippen LogP contribution in [0.1, 0.15) is 45.6 Å². The van der Waals surface area contributed by atoms with Crippen molar-refractivity contribution in [3.63, 3.8) is 0 Å². The fraction of sp³-hybridized carbons (Fsp3) is 0.488. The number of pyridine rings is 1. The third-order valence-electron chi connectivity index (χ3n) is 10.7. The second-order valence-corrected chi connectivity index (χ2v) is 14.8. The van der Waals surface area contributed by atoms with Crippen molar-refractivity contribution in [2.75, 3.05) is 62.2 Å². The van der Waals surface area contributed by atoms with Crippen molar-refractivity contribution in [3.05, 3.63) is 90.3 Å². The number of anilines is 2. The summed E-state index contributed by atoms with van der Waals surface area (Å²) in [4.78, 5) is 51.1. The molecule has 0 saturated carbocycles. The molecule has 3 aliphatic rings. The van der Waals surface area contributed by atoms with Gasteiger partial charge in [-0.2, -0.15) is 5.10 Å². The number of hydrogen-bond donors (Lipinski definition) is 1. The molecule has 14 heteroatoms. The van der Waals surface area contributed by atoms with Crippen LogP contribution in [0.4, 0.5) is 20.6 Å². The maximum atomic E-state index is 15.1. The summed E-state index contributed by atoms with van der Waals surface area (Å²) in [7, 11) is 0. The van der Waals surface area contributed by atoms with Gasteiger partial charge in [0.15, 0.2) is 0 Å². The van der Waals surface area contributed by atoms with E-state index < -0.39 is 30.1 Å². The number of rotatable bonds is 7. The Hall–Kier alpha value is -5.24. The van der Waals surface area contributed by atoms with Gasteiger partial charge in [0.25, 0.3) is 0 Å². The van der Waals surface area contributed by atoms with Crippen molar-refractivity contribution in [1.29, 1.82) is 0 Å². The molecule has 0 aliphatic carbocycles. The number of aromatic nitrogens is 3. The number of carbonyl (C=O) groups is 3. The number of hydrogen-bond acceptors (Lipinski definition) is 10. The molecular formula is C41H52FN7O6. The standard InChI is InChI=1S/C41H52FN7O6/c1-29-5-7-36(50)27-39(52)55-40(30(2)6-8-37(29)54-41(53)48-21-17-45(18-22-48)34-9-12-43-13-10-34)31(3)23-32-24-33(42)26-35(25-32)46-15-19-47(20-16-46)38(51)28-49-14-4-11-44-49/h4,6,8-14,23-26,29-30,36-37,40,50H,5,7,15-22,27-28H2,1-3H3/b8-6+,31-23+/t29-,30-,36+,37+,40-/m0/s1. The molecule has 1 N–H and O–H groups in total. The molecule has 3 aromatic rings. The highest BCUT2D eigenvalue weighted by molar-refractivity contribution is 5.76. The Kier molecular flexibility index (Phi) is 13.2. The Bertz CT molecular complexity index is 1810. The van der Waals surface area contributed by atoms with Gasteiger partial charge in [-0.15, -0.1) is 0 Å².